The van der Waals surface area contributed by atoms with E-state index in [4.69, 9.17) is 5.41 Å². The van der Waals surface area contributed by atoms with E-state index < -0.39 is 0 Å². The third kappa shape index (κ3) is 8.72. The Morgan fingerprint density at radius 1 is 1.23 bits per heavy atom. The van der Waals surface area contributed by atoms with Gasteiger partial charge in [0.1, 0.15) is 5.75 Å². The molecular weight excluding hydrogens is 506 g/mol. The van der Waals surface area contributed by atoms with Gasteiger partial charge in [0.05, 0.1) is 0 Å². The number of phenolic OH excluding ortho intramolecular Hbond substituents is 1. The average molecular weight is 538 g/mol. The number of allylic oxidation sites excluding steroid dienone is 4. The van der Waals surface area contributed by atoms with Crippen LogP contribution in [0.1, 0.15) is 30.4 Å². The van der Waals surface area contributed by atoms with E-state index in [9.17, 15) is 9.90 Å². The second-order valence-electron chi connectivity index (χ2n) is 8.32. The van der Waals surface area contributed by atoms with Crippen molar-refractivity contribution >= 4 is 28.2 Å². The number of hydrogen-bond donors (Lipinski definition) is 4. The lowest BCUT2D eigenvalue weighted by Crippen LogP contribution is -2.45. The number of pyridine rings is 1. The van der Waals surface area contributed by atoms with Gasteiger partial charge < -0.3 is 26.0 Å². The van der Waals surface area contributed by atoms with Gasteiger partial charge in [-0.05, 0) is 70.7 Å². The molecule has 8 heteroatoms. The monoisotopic (exact) mass is 537 g/mol. The molecule has 0 aliphatic carbocycles. The SMILES string of the molecule is N=CC(Br)=CC/C=C(\C=CNCc1cccnc1)C1CCCN(C(=O)NCc2ccccc2O)C1. The van der Waals surface area contributed by atoms with Crippen molar-refractivity contribution in [3.8, 4) is 5.75 Å². The Morgan fingerprint density at radius 2 is 2.09 bits per heavy atom. The van der Waals surface area contributed by atoms with Crippen molar-refractivity contribution in [1.82, 2.24) is 20.5 Å². The van der Waals surface area contributed by atoms with Gasteiger partial charge in [-0.2, -0.15) is 0 Å². The lowest BCUT2D eigenvalue weighted by molar-refractivity contribution is 0.173. The second kappa shape index (κ2) is 14.1. The molecule has 35 heavy (non-hydrogen) atoms. The maximum Gasteiger partial charge on any atom is 0.317 e. The summed E-state index contributed by atoms with van der Waals surface area (Å²) < 4.78 is 0.737. The highest BCUT2D eigenvalue weighted by molar-refractivity contribution is 9.12. The van der Waals surface area contributed by atoms with Crippen LogP contribution in [0.15, 0.2) is 83.3 Å². The third-order valence-electron chi connectivity index (χ3n) is 5.83. The molecule has 184 valence electrons. The first-order valence-electron chi connectivity index (χ1n) is 11.7. The predicted octanol–water partition coefficient (Wildman–Crippen LogP) is 5.26. The van der Waals surface area contributed by atoms with E-state index in [1.807, 2.05) is 41.6 Å². The number of aromatic hydroxyl groups is 1. The number of carbonyl (C=O) groups is 1. The van der Waals surface area contributed by atoms with Crippen LogP contribution in [0.3, 0.4) is 0 Å². The summed E-state index contributed by atoms with van der Waals surface area (Å²) >= 11 is 3.36. The first kappa shape index (κ1) is 26.2. The van der Waals surface area contributed by atoms with Gasteiger partial charge in [-0.25, -0.2) is 4.79 Å². The van der Waals surface area contributed by atoms with E-state index in [1.165, 1.54) is 6.21 Å². The number of nitrogens with zero attached hydrogens (tertiary/aromatic N) is 2. The lowest BCUT2D eigenvalue weighted by Gasteiger charge is -2.33. The zero-order valence-electron chi connectivity index (χ0n) is 19.7. The summed E-state index contributed by atoms with van der Waals surface area (Å²) in [6.07, 6.45) is 15.6. The molecule has 1 fully saturated rings. The molecule has 4 N–H and O–H groups in total. The number of carbonyl (C=O) groups excluding carboxylic acids is 1. The smallest absolute Gasteiger partial charge is 0.317 e. The number of amides is 2. The highest BCUT2D eigenvalue weighted by Gasteiger charge is 2.25. The van der Waals surface area contributed by atoms with E-state index in [0.29, 0.717) is 31.6 Å². The maximum atomic E-state index is 12.8. The quantitative estimate of drug-likeness (QED) is 0.245. The van der Waals surface area contributed by atoms with Crippen molar-refractivity contribution in [3.63, 3.8) is 0 Å². The van der Waals surface area contributed by atoms with E-state index in [1.54, 1.807) is 24.4 Å². The van der Waals surface area contributed by atoms with Crippen molar-refractivity contribution in [2.45, 2.75) is 32.4 Å². The summed E-state index contributed by atoms with van der Waals surface area (Å²) in [5.74, 6) is 0.394. The highest BCUT2D eigenvalue weighted by atomic mass is 79.9. The number of likely N-dealkylation sites (tertiary alicyclic amines) is 1. The van der Waals surface area contributed by atoms with Crippen molar-refractivity contribution in [3.05, 3.63) is 94.4 Å². The molecule has 2 amide bonds. The molecule has 3 rings (SSSR count). The second-order valence-corrected chi connectivity index (χ2v) is 9.24. The number of aromatic nitrogens is 1. The minimum atomic E-state index is -0.123. The van der Waals surface area contributed by atoms with Gasteiger partial charge >= 0.3 is 6.03 Å². The van der Waals surface area contributed by atoms with Gasteiger partial charge in [0, 0.05) is 60.8 Å². The number of rotatable bonds is 10. The number of piperidine rings is 1. The van der Waals surface area contributed by atoms with Crippen molar-refractivity contribution in [1.29, 1.82) is 5.41 Å². The van der Waals surface area contributed by atoms with E-state index in [2.05, 4.69) is 43.7 Å². The molecule has 1 aromatic heterocycles. The number of para-hydroxylation sites is 1. The van der Waals surface area contributed by atoms with Crippen LogP contribution >= 0.6 is 15.9 Å². The third-order valence-corrected chi connectivity index (χ3v) is 6.38. The van der Waals surface area contributed by atoms with Gasteiger partial charge in [-0.15, -0.1) is 0 Å². The molecule has 1 aliphatic heterocycles. The number of nitrogens with one attached hydrogen (secondary N) is 3. The number of halogens is 1. The van der Waals surface area contributed by atoms with Crippen LogP contribution in [0.2, 0.25) is 0 Å². The van der Waals surface area contributed by atoms with E-state index >= 15 is 0 Å². The van der Waals surface area contributed by atoms with Crippen molar-refractivity contribution in [2.75, 3.05) is 13.1 Å². The largest absolute Gasteiger partial charge is 0.508 e. The molecule has 1 aromatic carbocycles. The van der Waals surface area contributed by atoms with Crippen LogP contribution in [0.25, 0.3) is 0 Å². The Labute approximate surface area is 215 Å². The molecule has 7 nitrogen and oxygen atoms in total. The summed E-state index contributed by atoms with van der Waals surface area (Å²) in [7, 11) is 0. The fourth-order valence-corrected chi connectivity index (χ4v) is 4.14. The minimum absolute atomic E-state index is 0.123. The Kier molecular flexibility index (Phi) is 10.6. The molecule has 0 bridgehead atoms. The predicted molar refractivity (Wildman–Crippen MR) is 143 cm³/mol. The van der Waals surface area contributed by atoms with Crippen LogP contribution in [-0.2, 0) is 13.1 Å². The molecular formula is C27H32BrN5O2. The lowest BCUT2D eigenvalue weighted by atomic mass is 9.89. The fraction of sp³-hybridized carbons (Fsp3) is 0.296. The van der Waals surface area contributed by atoms with Crippen molar-refractivity contribution in [2.24, 2.45) is 5.92 Å². The summed E-state index contributed by atoms with van der Waals surface area (Å²) in [5.41, 5.74) is 2.95. The molecule has 2 aromatic rings. The van der Waals surface area contributed by atoms with Gasteiger partial charge in [0.2, 0.25) is 0 Å². The molecule has 0 radical (unpaired) electrons. The van der Waals surface area contributed by atoms with Gasteiger partial charge in [0.25, 0.3) is 0 Å². The summed E-state index contributed by atoms with van der Waals surface area (Å²) in [4.78, 5) is 18.8. The summed E-state index contributed by atoms with van der Waals surface area (Å²) in [6, 6.07) is 10.8. The first-order valence-corrected chi connectivity index (χ1v) is 12.5. The van der Waals surface area contributed by atoms with Crippen LogP contribution in [0.4, 0.5) is 4.79 Å². The van der Waals surface area contributed by atoms with Crippen LogP contribution in [0.5, 0.6) is 5.75 Å². The molecule has 0 spiro atoms. The van der Waals surface area contributed by atoms with Gasteiger partial charge in [-0.1, -0.05) is 36.4 Å². The average Bonchev–Trinajstić information content (AvgIpc) is 2.90. The minimum Gasteiger partial charge on any atom is -0.508 e. The zero-order chi connectivity index (χ0) is 24.9. The molecule has 1 atom stereocenters. The topological polar surface area (TPSA) is 101 Å². The van der Waals surface area contributed by atoms with Gasteiger partial charge in [-0.3, -0.25) is 4.98 Å². The summed E-state index contributed by atoms with van der Waals surface area (Å²) in [6.45, 7) is 2.30. The molecule has 1 unspecified atom stereocenters. The Bertz CT molecular complexity index is 1070. The number of urea groups is 1. The Hall–Kier alpha value is -3.39. The number of phenols is 1. The zero-order valence-corrected chi connectivity index (χ0v) is 21.2. The van der Waals surface area contributed by atoms with Crippen LogP contribution < -0.4 is 10.6 Å². The molecule has 1 aliphatic rings. The van der Waals surface area contributed by atoms with E-state index in [0.717, 1.165) is 28.5 Å². The normalized spacial score (nSPS) is 16.8. The molecule has 0 saturated carbocycles. The van der Waals surface area contributed by atoms with Crippen LogP contribution in [0, 0.1) is 11.3 Å². The fourth-order valence-electron chi connectivity index (χ4n) is 3.95. The van der Waals surface area contributed by atoms with E-state index in [-0.39, 0.29) is 24.2 Å². The Morgan fingerprint density at radius 3 is 2.86 bits per heavy atom. The number of hydrogen-bond acceptors (Lipinski definition) is 5. The highest BCUT2D eigenvalue weighted by Crippen LogP contribution is 2.26. The van der Waals surface area contributed by atoms with Gasteiger partial charge in [0.15, 0.2) is 0 Å². The standard InChI is InChI=1S/C27H32BrN5O2/c28-25(16-29)10-3-8-22(12-14-31-18-21-6-4-13-30-17-21)24-9-5-15-33(20-24)27(35)32-19-23-7-1-2-11-26(23)34/h1-2,4,6-8,10-14,16-17,24,29,31,34H,3,5,9,15,18-20H2,(H,32,35)/b14-12?,22-8+,25-10?,29-16?. The first-order chi connectivity index (χ1) is 17.1. The molecule has 1 saturated heterocycles. The maximum absolute atomic E-state index is 12.8. The molecule has 2 heterocycles. The van der Waals surface area contributed by atoms with Crippen LogP contribution in [-0.4, -0.2) is 40.3 Å². The van der Waals surface area contributed by atoms with Crippen molar-refractivity contribution < 1.29 is 9.90 Å². The Balaban J connectivity index is 1.63. The number of benzene rings is 1. The summed E-state index contributed by atoms with van der Waals surface area (Å²) in [5, 5.41) is 23.5.